The first kappa shape index (κ1) is 23.0. The minimum absolute atomic E-state index is 0.0204. The summed E-state index contributed by atoms with van der Waals surface area (Å²) in [5.41, 5.74) is 12.5. The van der Waals surface area contributed by atoms with E-state index in [0.29, 0.717) is 5.69 Å². The molecule has 16 nitrogen and oxygen atoms in total. The molecule has 1 saturated heterocycles. The van der Waals surface area contributed by atoms with Crippen LogP contribution in [0.25, 0.3) is 11.2 Å². The van der Waals surface area contributed by atoms with Gasteiger partial charge in [-0.15, -0.1) is 0 Å². The molecular weight excluding hydrogens is 462 g/mol. The minimum Gasteiger partial charge on any atom is -0.387 e. The van der Waals surface area contributed by atoms with Crippen molar-refractivity contribution in [3.05, 3.63) is 30.9 Å². The molecule has 1 amide bonds. The number of carbonyl (C=O) groups excluding carboxylic acids is 1. The van der Waals surface area contributed by atoms with Crippen LogP contribution in [0.1, 0.15) is 11.9 Å². The number of hydrogen-bond donors (Lipinski definition) is 6. The Hall–Kier alpha value is -3.22. The Labute approximate surface area is 186 Å². The number of anilines is 1. The molecule has 3 aromatic rings. The maximum atomic E-state index is 12.1. The number of hydrogen-bond acceptors (Lipinski definition) is 13. The van der Waals surface area contributed by atoms with Crippen LogP contribution in [0.4, 0.5) is 5.82 Å². The Kier molecular flexibility index (Phi) is 6.23. The summed E-state index contributed by atoms with van der Waals surface area (Å²) in [4.78, 5) is 30.5. The Morgan fingerprint density at radius 1 is 1.33 bits per heavy atom. The first-order valence-corrected chi connectivity index (χ1v) is 11.0. The van der Waals surface area contributed by atoms with Gasteiger partial charge in [0, 0.05) is 18.3 Å². The quantitative estimate of drug-likeness (QED) is 0.184. The van der Waals surface area contributed by atoms with Crippen molar-refractivity contribution in [3.8, 4) is 0 Å². The van der Waals surface area contributed by atoms with Gasteiger partial charge in [-0.3, -0.25) is 13.5 Å². The van der Waals surface area contributed by atoms with Crippen molar-refractivity contribution in [1.82, 2.24) is 34.2 Å². The van der Waals surface area contributed by atoms with Crippen LogP contribution in [0.15, 0.2) is 25.2 Å². The summed E-state index contributed by atoms with van der Waals surface area (Å²) in [5.74, 6) is -0.892. The average Bonchev–Trinajstić information content (AvgIpc) is 3.48. The van der Waals surface area contributed by atoms with E-state index in [0.717, 1.165) is 0 Å². The molecule has 33 heavy (non-hydrogen) atoms. The number of amides is 1. The highest BCUT2D eigenvalue weighted by Gasteiger charge is 2.45. The van der Waals surface area contributed by atoms with Crippen LogP contribution < -0.4 is 16.2 Å². The third-order valence-corrected chi connectivity index (χ3v) is 5.84. The number of rotatable bonds is 8. The number of carbonyl (C=O) groups is 1. The summed E-state index contributed by atoms with van der Waals surface area (Å²) in [5, 5.41) is 20.7. The van der Waals surface area contributed by atoms with Gasteiger partial charge in [0.15, 0.2) is 17.7 Å². The molecular formula is C16H21N9O7S. The lowest BCUT2D eigenvalue weighted by Gasteiger charge is -2.16. The molecule has 4 rings (SSSR count). The van der Waals surface area contributed by atoms with E-state index in [1.807, 2.05) is 0 Å². The van der Waals surface area contributed by atoms with Crippen molar-refractivity contribution >= 4 is 33.2 Å². The molecule has 178 valence electrons. The number of aliphatic hydroxyl groups excluding tert-OH is 2. The van der Waals surface area contributed by atoms with Crippen LogP contribution in [-0.2, 0) is 30.4 Å². The number of nitrogens with two attached hydrogens (primary N) is 2. The molecule has 4 heterocycles. The monoisotopic (exact) mass is 483 g/mol. The number of nitrogen functional groups attached to an aromatic ring is 1. The Balaban J connectivity index is 1.37. The van der Waals surface area contributed by atoms with E-state index >= 15 is 0 Å². The van der Waals surface area contributed by atoms with Crippen LogP contribution in [-0.4, -0.2) is 85.0 Å². The zero-order chi connectivity index (χ0) is 23.8. The molecule has 8 N–H and O–H groups in total. The largest absolute Gasteiger partial charge is 0.387 e. The molecule has 0 bridgehead atoms. The van der Waals surface area contributed by atoms with Crippen LogP contribution in [0.3, 0.4) is 0 Å². The van der Waals surface area contributed by atoms with Gasteiger partial charge < -0.3 is 31.4 Å². The molecule has 0 aromatic carbocycles. The van der Waals surface area contributed by atoms with E-state index in [4.69, 9.17) is 20.4 Å². The van der Waals surface area contributed by atoms with Crippen molar-refractivity contribution in [3.63, 3.8) is 0 Å². The lowest BCUT2D eigenvalue weighted by molar-refractivity contribution is -0.120. The molecule has 1 aliphatic heterocycles. The summed E-state index contributed by atoms with van der Waals surface area (Å²) in [6, 6.07) is -1.19. The standard InChI is InChI=1S/C16H21N9O7S/c17-8(1-7-2-19-4-20-7)15(28)24-33(29,30)31-3-9-11(26)12(27)16(32-9)25-6-23-10-13(18)21-5-22-14(10)25/h2,4-6,8-9,11-12,16,26-27H,1,3,17H2,(H,19,20)(H,24,28)(H2,18,21,22)/t8-,9-,11-,12+,16-/m0/s1. The van der Waals surface area contributed by atoms with Crippen LogP contribution in [0.2, 0.25) is 0 Å². The van der Waals surface area contributed by atoms with Gasteiger partial charge in [-0.2, -0.15) is 8.42 Å². The summed E-state index contributed by atoms with van der Waals surface area (Å²) in [6.07, 6.45) is -0.0525. The molecule has 5 atom stereocenters. The molecule has 1 fully saturated rings. The summed E-state index contributed by atoms with van der Waals surface area (Å²) >= 11 is 0. The second kappa shape index (κ2) is 8.96. The van der Waals surface area contributed by atoms with E-state index in [9.17, 15) is 23.4 Å². The summed E-state index contributed by atoms with van der Waals surface area (Å²) in [7, 11) is -4.58. The number of nitrogens with one attached hydrogen (secondary N) is 2. The van der Waals surface area contributed by atoms with E-state index in [1.165, 1.54) is 29.7 Å². The summed E-state index contributed by atoms with van der Waals surface area (Å²) in [6.45, 7) is -0.698. The first-order chi connectivity index (χ1) is 15.7. The predicted molar refractivity (Wildman–Crippen MR) is 109 cm³/mol. The van der Waals surface area contributed by atoms with Crippen molar-refractivity contribution in [2.45, 2.75) is 37.0 Å². The lowest BCUT2D eigenvalue weighted by atomic mass is 10.1. The highest BCUT2D eigenvalue weighted by atomic mass is 32.2. The fraction of sp³-hybridized carbons (Fsp3) is 0.438. The topological polar surface area (TPSA) is 246 Å². The van der Waals surface area contributed by atoms with E-state index < -0.39 is 53.4 Å². The molecule has 0 spiro atoms. The van der Waals surface area contributed by atoms with E-state index in [1.54, 1.807) is 4.72 Å². The number of ether oxygens (including phenoxy) is 1. The van der Waals surface area contributed by atoms with Gasteiger partial charge in [-0.1, -0.05) is 0 Å². The van der Waals surface area contributed by atoms with Crippen molar-refractivity contribution < 1.29 is 32.3 Å². The number of fused-ring (bicyclic) bond motifs is 1. The lowest BCUT2D eigenvalue weighted by Crippen LogP contribution is -2.46. The zero-order valence-corrected chi connectivity index (χ0v) is 17.7. The van der Waals surface area contributed by atoms with E-state index in [-0.39, 0.29) is 23.4 Å². The van der Waals surface area contributed by atoms with Gasteiger partial charge in [0.1, 0.15) is 30.2 Å². The van der Waals surface area contributed by atoms with Crippen molar-refractivity contribution in [1.29, 1.82) is 0 Å². The van der Waals surface area contributed by atoms with Crippen LogP contribution in [0, 0.1) is 0 Å². The Morgan fingerprint density at radius 2 is 2.12 bits per heavy atom. The number of aromatic nitrogens is 6. The second-order valence-electron chi connectivity index (χ2n) is 7.22. The maximum Gasteiger partial charge on any atom is 0.362 e. The Bertz CT molecular complexity index is 1230. The predicted octanol–water partition coefficient (Wildman–Crippen LogP) is -3.30. The fourth-order valence-corrected chi connectivity index (χ4v) is 4.03. The Morgan fingerprint density at radius 3 is 2.85 bits per heavy atom. The minimum atomic E-state index is -4.58. The van der Waals surface area contributed by atoms with Gasteiger partial charge in [-0.25, -0.2) is 24.7 Å². The van der Waals surface area contributed by atoms with Crippen LogP contribution in [0.5, 0.6) is 0 Å². The normalized spacial score (nSPS) is 24.2. The molecule has 3 aromatic heterocycles. The zero-order valence-electron chi connectivity index (χ0n) is 16.8. The van der Waals surface area contributed by atoms with Crippen molar-refractivity contribution in [2.24, 2.45) is 5.73 Å². The SMILES string of the molecule is Nc1ncnc2c1ncn2[C@H]1O[C@@H](COS(=O)(=O)NC(=O)[C@@H](N)Cc2cnc[nH]2)[C@H](O)[C@H]1O. The molecule has 0 saturated carbocycles. The third kappa shape index (κ3) is 4.77. The number of nitrogens with zero attached hydrogens (tertiary/aromatic N) is 5. The smallest absolute Gasteiger partial charge is 0.362 e. The number of aromatic amines is 1. The average molecular weight is 483 g/mol. The first-order valence-electron chi connectivity index (χ1n) is 9.54. The molecule has 0 unspecified atom stereocenters. The number of imidazole rings is 2. The third-order valence-electron chi connectivity index (χ3n) is 4.94. The van der Waals surface area contributed by atoms with Crippen LogP contribution >= 0.6 is 0 Å². The highest BCUT2D eigenvalue weighted by molar-refractivity contribution is 7.85. The molecule has 0 aliphatic carbocycles. The highest BCUT2D eigenvalue weighted by Crippen LogP contribution is 2.32. The number of aliphatic hydroxyl groups is 2. The maximum absolute atomic E-state index is 12.1. The molecule has 0 radical (unpaired) electrons. The van der Waals surface area contributed by atoms with Gasteiger partial charge in [-0.05, 0) is 0 Å². The van der Waals surface area contributed by atoms with E-state index in [2.05, 4.69) is 24.9 Å². The second-order valence-corrected chi connectivity index (χ2v) is 8.57. The molecule has 17 heteroatoms. The van der Waals surface area contributed by atoms with Gasteiger partial charge in [0.05, 0.1) is 25.3 Å². The van der Waals surface area contributed by atoms with Gasteiger partial charge >= 0.3 is 10.3 Å². The van der Waals surface area contributed by atoms with Gasteiger partial charge in [0.2, 0.25) is 0 Å². The number of H-pyrrole nitrogens is 1. The molecule has 1 aliphatic rings. The van der Waals surface area contributed by atoms with Gasteiger partial charge in [0.25, 0.3) is 5.91 Å². The fourth-order valence-electron chi connectivity index (χ4n) is 3.26. The van der Waals surface area contributed by atoms with Crippen molar-refractivity contribution in [2.75, 3.05) is 12.3 Å². The summed E-state index contributed by atoms with van der Waals surface area (Å²) < 4.78 is 37.6.